The first-order chi connectivity index (χ1) is 11.7. The van der Waals surface area contributed by atoms with Gasteiger partial charge in [0.15, 0.2) is 6.61 Å². The van der Waals surface area contributed by atoms with Gasteiger partial charge in [0.25, 0.3) is 5.91 Å². The number of hydrogen-bond acceptors (Lipinski definition) is 5. The van der Waals surface area contributed by atoms with E-state index in [4.69, 9.17) is 9.47 Å². The second-order valence-corrected chi connectivity index (χ2v) is 5.52. The van der Waals surface area contributed by atoms with Crippen LogP contribution >= 0.6 is 0 Å². The zero-order valence-electron chi connectivity index (χ0n) is 14.0. The van der Waals surface area contributed by atoms with Gasteiger partial charge in [0.1, 0.15) is 5.75 Å². The Morgan fingerprint density at radius 1 is 1.25 bits per heavy atom. The lowest BCUT2D eigenvalue weighted by Gasteiger charge is -2.26. The summed E-state index contributed by atoms with van der Waals surface area (Å²) in [6, 6.07) is 7.01. The summed E-state index contributed by atoms with van der Waals surface area (Å²) in [5.41, 5.74) is 0.659. The highest BCUT2D eigenvalue weighted by atomic mass is 16.5. The molecule has 0 aromatic heterocycles. The van der Waals surface area contributed by atoms with E-state index in [1.54, 1.807) is 31.2 Å². The highest BCUT2D eigenvalue weighted by Gasteiger charge is 2.10. The number of hydrogen-bond donors (Lipinski definition) is 2. The number of nitrogens with one attached hydrogen (secondary N) is 2. The Morgan fingerprint density at radius 3 is 2.79 bits per heavy atom. The molecule has 1 heterocycles. The molecular weight excluding hydrogens is 310 g/mol. The summed E-state index contributed by atoms with van der Waals surface area (Å²) in [6.45, 7) is 6.46. The van der Waals surface area contributed by atoms with Gasteiger partial charge in [0.2, 0.25) is 5.91 Å². The molecule has 0 aliphatic carbocycles. The summed E-state index contributed by atoms with van der Waals surface area (Å²) in [6.07, 6.45) is 0.413. The first-order valence-corrected chi connectivity index (χ1v) is 8.27. The smallest absolute Gasteiger partial charge is 0.257 e. The molecule has 1 aromatic carbocycles. The van der Waals surface area contributed by atoms with Crippen LogP contribution in [0.2, 0.25) is 0 Å². The number of nitrogens with zero attached hydrogens (tertiary/aromatic N) is 1. The molecule has 1 aromatic rings. The van der Waals surface area contributed by atoms with Crippen molar-refractivity contribution in [3.63, 3.8) is 0 Å². The van der Waals surface area contributed by atoms with Gasteiger partial charge < -0.3 is 20.1 Å². The number of benzene rings is 1. The lowest BCUT2D eigenvalue weighted by Crippen LogP contribution is -2.42. The summed E-state index contributed by atoms with van der Waals surface area (Å²) in [7, 11) is 0. The Balaban J connectivity index is 1.67. The molecule has 2 amide bonds. The van der Waals surface area contributed by atoms with E-state index in [-0.39, 0.29) is 18.4 Å². The minimum atomic E-state index is -0.161. The number of ether oxygens (including phenoxy) is 2. The van der Waals surface area contributed by atoms with E-state index >= 15 is 0 Å². The van der Waals surface area contributed by atoms with Crippen molar-refractivity contribution in [1.29, 1.82) is 0 Å². The summed E-state index contributed by atoms with van der Waals surface area (Å²) >= 11 is 0. The summed E-state index contributed by atoms with van der Waals surface area (Å²) in [5, 5.41) is 5.60. The molecule has 2 N–H and O–H groups in total. The number of anilines is 1. The van der Waals surface area contributed by atoms with Crippen LogP contribution in [-0.4, -0.2) is 62.7 Å². The van der Waals surface area contributed by atoms with Gasteiger partial charge in [0.05, 0.1) is 13.2 Å². The van der Waals surface area contributed by atoms with Gasteiger partial charge in [-0.05, 0) is 12.1 Å². The zero-order valence-corrected chi connectivity index (χ0v) is 14.0. The van der Waals surface area contributed by atoms with Crippen LogP contribution in [0.3, 0.4) is 0 Å². The van der Waals surface area contributed by atoms with Crippen LogP contribution < -0.4 is 15.4 Å². The first kappa shape index (κ1) is 18.2. The third kappa shape index (κ3) is 6.55. The molecule has 2 rings (SSSR count). The highest BCUT2D eigenvalue weighted by molar-refractivity contribution is 5.90. The molecule has 1 aliphatic rings. The van der Waals surface area contributed by atoms with Gasteiger partial charge in [-0.1, -0.05) is 13.0 Å². The molecule has 0 unspecified atom stereocenters. The van der Waals surface area contributed by atoms with Crippen molar-refractivity contribution in [2.75, 3.05) is 51.3 Å². The maximum atomic E-state index is 11.8. The van der Waals surface area contributed by atoms with E-state index in [1.165, 1.54) is 0 Å². The molecule has 1 aliphatic heterocycles. The Kier molecular flexibility index (Phi) is 7.51. The number of rotatable bonds is 8. The van der Waals surface area contributed by atoms with Crippen LogP contribution in [0.15, 0.2) is 24.3 Å². The number of morpholine rings is 1. The third-order valence-corrected chi connectivity index (χ3v) is 3.66. The number of amides is 2. The van der Waals surface area contributed by atoms with Crippen molar-refractivity contribution in [1.82, 2.24) is 10.2 Å². The Morgan fingerprint density at radius 2 is 2.04 bits per heavy atom. The molecule has 24 heavy (non-hydrogen) atoms. The quantitative estimate of drug-likeness (QED) is 0.737. The Labute approximate surface area is 142 Å². The third-order valence-electron chi connectivity index (χ3n) is 3.66. The predicted molar refractivity (Wildman–Crippen MR) is 91.1 cm³/mol. The van der Waals surface area contributed by atoms with E-state index in [2.05, 4.69) is 15.5 Å². The average molecular weight is 335 g/mol. The maximum absolute atomic E-state index is 11.8. The molecule has 7 heteroatoms. The van der Waals surface area contributed by atoms with Crippen molar-refractivity contribution in [2.24, 2.45) is 0 Å². The lowest BCUT2D eigenvalue weighted by atomic mass is 10.3. The van der Waals surface area contributed by atoms with Crippen LogP contribution in [0.5, 0.6) is 5.75 Å². The van der Waals surface area contributed by atoms with E-state index < -0.39 is 0 Å². The molecule has 0 saturated carbocycles. The zero-order chi connectivity index (χ0) is 17.2. The fourth-order valence-electron chi connectivity index (χ4n) is 2.29. The molecular formula is C17H25N3O4. The highest BCUT2D eigenvalue weighted by Crippen LogP contribution is 2.17. The first-order valence-electron chi connectivity index (χ1n) is 8.27. The van der Waals surface area contributed by atoms with Gasteiger partial charge >= 0.3 is 0 Å². The molecule has 1 saturated heterocycles. The number of carbonyl (C=O) groups is 2. The second kappa shape index (κ2) is 9.89. The molecule has 1 fully saturated rings. The minimum Gasteiger partial charge on any atom is -0.484 e. The predicted octanol–water partition coefficient (Wildman–Crippen LogP) is 0.862. The summed E-state index contributed by atoms with van der Waals surface area (Å²) in [5.74, 6) is 0.325. The fraction of sp³-hybridized carbons (Fsp3) is 0.529. The van der Waals surface area contributed by atoms with Gasteiger partial charge in [0, 0.05) is 44.4 Å². The topological polar surface area (TPSA) is 79.9 Å². The van der Waals surface area contributed by atoms with Crippen molar-refractivity contribution < 1.29 is 19.1 Å². The normalized spacial score (nSPS) is 14.9. The molecule has 0 spiro atoms. The lowest BCUT2D eigenvalue weighted by molar-refractivity contribution is -0.123. The van der Waals surface area contributed by atoms with Crippen LogP contribution in [-0.2, 0) is 14.3 Å². The standard InChI is InChI=1S/C17H25N3O4/c1-2-16(21)19-14-4-3-5-15(12-14)24-13-17(22)18-6-7-20-8-10-23-11-9-20/h3-5,12H,2,6-11,13H2,1H3,(H,18,22)(H,19,21). The molecule has 7 nitrogen and oxygen atoms in total. The maximum Gasteiger partial charge on any atom is 0.257 e. The van der Waals surface area contributed by atoms with E-state index in [9.17, 15) is 9.59 Å². The second-order valence-electron chi connectivity index (χ2n) is 5.52. The Hall–Kier alpha value is -2.12. The number of carbonyl (C=O) groups excluding carboxylic acids is 2. The van der Waals surface area contributed by atoms with Crippen molar-refractivity contribution in [3.8, 4) is 5.75 Å². The van der Waals surface area contributed by atoms with Crippen molar-refractivity contribution >= 4 is 17.5 Å². The van der Waals surface area contributed by atoms with Gasteiger partial charge in [-0.15, -0.1) is 0 Å². The summed E-state index contributed by atoms with van der Waals surface area (Å²) < 4.78 is 10.7. The van der Waals surface area contributed by atoms with E-state index in [0.29, 0.717) is 24.4 Å². The van der Waals surface area contributed by atoms with Crippen LogP contribution in [0.4, 0.5) is 5.69 Å². The SMILES string of the molecule is CCC(=O)Nc1cccc(OCC(=O)NCCN2CCOCC2)c1. The fourth-order valence-corrected chi connectivity index (χ4v) is 2.29. The van der Waals surface area contributed by atoms with Crippen molar-refractivity contribution in [2.45, 2.75) is 13.3 Å². The Bertz CT molecular complexity index is 544. The van der Waals surface area contributed by atoms with Gasteiger partial charge in [-0.2, -0.15) is 0 Å². The van der Waals surface area contributed by atoms with Gasteiger partial charge in [-0.3, -0.25) is 14.5 Å². The van der Waals surface area contributed by atoms with E-state index in [1.807, 2.05) is 0 Å². The van der Waals surface area contributed by atoms with E-state index in [0.717, 1.165) is 32.8 Å². The molecule has 0 radical (unpaired) electrons. The van der Waals surface area contributed by atoms with Crippen LogP contribution in [0, 0.1) is 0 Å². The average Bonchev–Trinajstić information content (AvgIpc) is 2.61. The molecule has 132 valence electrons. The molecule has 0 bridgehead atoms. The molecule has 0 atom stereocenters. The van der Waals surface area contributed by atoms with Crippen molar-refractivity contribution in [3.05, 3.63) is 24.3 Å². The largest absolute Gasteiger partial charge is 0.484 e. The minimum absolute atomic E-state index is 0.0473. The monoisotopic (exact) mass is 335 g/mol. The summed E-state index contributed by atoms with van der Waals surface area (Å²) in [4.78, 5) is 25.5. The van der Waals surface area contributed by atoms with Crippen LogP contribution in [0.25, 0.3) is 0 Å². The van der Waals surface area contributed by atoms with Crippen LogP contribution in [0.1, 0.15) is 13.3 Å². The van der Waals surface area contributed by atoms with Gasteiger partial charge in [-0.25, -0.2) is 0 Å².